The van der Waals surface area contributed by atoms with Crippen molar-refractivity contribution in [3.05, 3.63) is 57.8 Å². The third-order valence-electron chi connectivity index (χ3n) is 6.28. The highest BCUT2D eigenvalue weighted by atomic mass is 79.9. The highest BCUT2D eigenvalue weighted by Gasteiger charge is 2.38. The lowest BCUT2D eigenvalue weighted by Gasteiger charge is -2.29. The van der Waals surface area contributed by atoms with Crippen LogP contribution >= 0.6 is 39.1 Å². The van der Waals surface area contributed by atoms with E-state index in [0.29, 0.717) is 27.3 Å². The van der Waals surface area contributed by atoms with Gasteiger partial charge in [-0.25, -0.2) is 4.39 Å². The van der Waals surface area contributed by atoms with Gasteiger partial charge in [0.2, 0.25) is 5.91 Å². The predicted molar refractivity (Wildman–Crippen MR) is 120 cm³/mol. The molecule has 4 rings (SSSR count). The van der Waals surface area contributed by atoms with Crippen molar-refractivity contribution < 1.29 is 9.18 Å². The first-order valence-corrected chi connectivity index (χ1v) is 11.8. The second kappa shape index (κ2) is 8.95. The molecule has 154 valence electrons. The van der Waals surface area contributed by atoms with Gasteiger partial charge in [-0.2, -0.15) is 0 Å². The number of benzene rings is 2. The van der Waals surface area contributed by atoms with Crippen LogP contribution in [-0.2, 0) is 11.3 Å². The van der Waals surface area contributed by atoms with Gasteiger partial charge in [0.15, 0.2) is 0 Å². The van der Waals surface area contributed by atoms with E-state index in [0.717, 1.165) is 55.3 Å². The average Bonchev–Trinajstić information content (AvgIpc) is 3.06. The molecule has 0 N–H and O–H groups in total. The highest BCUT2D eigenvalue weighted by Crippen LogP contribution is 2.39. The third-order valence-corrected chi connectivity index (χ3v) is 7.87. The van der Waals surface area contributed by atoms with Crippen molar-refractivity contribution in [2.24, 2.45) is 11.8 Å². The first-order chi connectivity index (χ1) is 13.9. The number of likely N-dealkylation sites (tertiary alicyclic amines) is 1. The summed E-state index contributed by atoms with van der Waals surface area (Å²) in [6, 6.07) is 9.91. The maximum Gasteiger partial charge on any atom is 0.226 e. The van der Waals surface area contributed by atoms with Crippen LogP contribution in [0.4, 0.5) is 4.39 Å². The molecular weight excluding hydrogens is 476 g/mol. The number of hydrogen-bond donors (Lipinski definition) is 0. The summed E-state index contributed by atoms with van der Waals surface area (Å²) >= 11 is 16.8. The SMILES string of the molecule is O=C1C(C2CCC(Br)CC2)CCN1Cc1c(Cl)cc(-c2ccc(F)cc2)cc1Cl. The van der Waals surface area contributed by atoms with Crippen LogP contribution in [0.5, 0.6) is 0 Å². The van der Waals surface area contributed by atoms with Gasteiger partial charge in [-0.1, -0.05) is 51.3 Å². The molecule has 0 radical (unpaired) electrons. The number of halogens is 4. The molecule has 0 bridgehead atoms. The molecule has 1 saturated carbocycles. The lowest BCUT2D eigenvalue weighted by Crippen LogP contribution is -2.31. The zero-order valence-electron chi connectivity index (χ0n) is 16.0. The summed E-state index contributed by atoms with van der Waals surface area (Å²) in [5.74, 6) is 0.575. The van der Waals surface area contributed by atoms with Crippen molar-refractivity contribution in [3.63, 3.8) is 0 Å². The van der Waals surface area contributed by atoms with Gasteiger partial charge in [0.25, 0.3) is 0 Å². The third kappa shape index (κ3) is 4.65. The zero-order chi connectivity index (χ0) is 20.5. The van der Waals surface area contributed by atoms with Gasteiger partial charge < -0.3 is 4.90 Å². The molecule has 1 aliphatic carbocycles. The number of carbonyl (C=O) groups is 1. The molecule has 2 nitrogen and oxygen atoms in total. The van der Waals surface area contributed by atoms with E-state index in [-0.39, 0.29) is 17.6 Å². The van der Waals surface area contributed by atoms with Gasteiger partial charge in [0.05, 0.1) is 0 Å². The minimum absolute atomic E-state index is 0.131. The maximum absolute atomic E-state index is 13.2. The molecule has 1 saturated heterocycles. The lowest BCUT2D eigenvalue weighted by molar-refractivity contribution is -0.133. The first-order valence-electron chi connectivity index (χ1n) is 10.1. The highest BCUT2D eigenvalue weighted by molar-refractivity contribution is 9.09. The molecule has 6 heteroatoms. The Labute approximate surface area is 189 Å². The number of rotatable bonds is 4. The van der Waals surface area contributed by atoms with Crippen molar-refractivity contribution in [2.75, 3.05) is 6.54 Å². The van der Waals surface area contributed by atoms with Crippen LogP contribution in [0.2, 0.25) is 10.0 Å². The fraction of sp³-hybridized carbons (Fsp3) is 0.435. The summed E-state index contributed by atoms with van der Waals surface area (Å²) in [7, 11) is 0. The minimum Gasteiger partial charge on any atom is -0.338 e. The van der Waals surface area contributed by atoms with E-state index in [1.807, 2.05) is 17.0 Å². The van der Waals surface area contributed by atoms with Crippen molar-refractivity contribution >= 4 is 45.0 Å². The summed E-state index contributed by atoms with van der Waals surface area (Å²) in [5.41, 5.74) is 2.46. The van der Waals surface area contributed by atoms with Crippen LogP contribution in [0.3, 0.4) is 0 Å². The van der Waals surface area contributed by atoms with Gasteiger partial charge in [-0.05, 0) is 73.4 Å². The summed E-state index contributed by atoms with van der Waals surface area (Å²) in [5, 5.41) is 1.07. The van der Waals surface area contributed by atoms with E-state index in [1.54, 1.807) is 12.1 Å². The van der Waals surface area contributed by atoms with Crippen molar-refractivity contribution in [3.8, 4) is 11.1 Å². The Morgan fingerprint density at radius 3 is 2.21 bits per heavy atom. The van der Waals surface area contributed by atoms with Crippen LogP contribution in [-0.4, -0.2) is 22.2 Å². The summed E-state index contributed by atoms with van der Waals surface area (Å²) < 4.78 is 13.2. The fourth-order valence-electron chi connectivity index (χ4n) is 4.59. The summed E-state index contributed by atoms with van der Waals surface area (Å²) in [6.45, 7) is 1.19. The molecule has 2 aromatic carbocycles. The second-order valence-electron chi connectivity index (χ2n) is 8.09. The van der Waals surface area contributed by atoms with Gasteiger partial charge in [-0.3, -0.25) is 4.79 Å². The number of hydrogen-bond acceptors (Lipinski definition) is 1. The monoisotopic (exact) mass is 497 g/mol. The average molecular weight is 499 g/mol. The topological polar surface area (TPSA) is 20.3 Å². The second-order valence-corrected chi connectivity index (χ2v) is 10.2. The molecule has 2 aliphatic rings. The Bertz CT molecular complexity index is 873. The van der Waals surface area contributed by atoms with Gasteiger partial charge in [0.1, 0.15) is 5.82 Å². The molecule has 1 heterocycles. The molecule has 1 amide bonds. The van der Waals surface area contributed by atoms with Crippen molar-refractivity contribution in [1.29, 1.82) is 0 Å². The fourth-order valence-corrected chi connectivity index (χ4v) is 5.73. The Balaban J connectivity index is 1.48. The van der Waals surface area contributed by atoms with E-state index < -0.39 is 0 Å². The minimum atomic E-state index is -0.283. The standard InChI is InChI=1S/C23H23BrCl2FNO/c24-17-5-1-15(2-6-17)19-9-10-28(23(19)29)13-20-21(25)11-16(12-22(20)26)14-3-7-18(27)8-4-14/h3-4,7-8,11-12,15,17,19H,1-2,5-6,9-10,13H2. The Morgan fingerprint density at radius 2 is 1.59 bits per heavy atom. The maximum atomic E-state index is 13.2. The molecule has 1 unspecified atom stereocenters. The quantitative estimate of drug-likeness (QED) is 0.411. The first kappa shape index (κ1) is 21.1. The largest absolute Gasteiger partial charge is 0.338 e. The normalized spacial score (nSPS) is 24.9. The number of alkyl halides is 1. The predicted octanol–water partition coefficient (Wildman–Crippen LogP) is 7.10. The van der Waals surface area contributed by atoms with Gasteiger partial charge in [0, 0.05) is 39.4 Å². The van der Waals surface area contributed by atoms with E-state index in [2.05, 4.69) is 15.9 Å². The number of nitrogens with zero attached hydrogens (tertiary/aromatic N) is 1. The van der Waals surface area contributed by atoms with E-state index in [9.17, 15) is 9.18 Å². The molecule has 1 aliphatic heterocycles. The Kier molecular flexibility index (Phi) is 6.53. The molecule has 1 atom stereocenters. The smallest absolute Gasteiger partial charge is 0.226 e. The van der Waals surface area contributed by atoms with Crippen LogP contribution in [0, 0.1) is 17.7 Å². The summed E-state index contributed by atoms with van der Waals surface area (Å²) in [6.07, 6.45) is 5.45. The van der Waals surface area contributed by atoms with E-state index in [1.165, 1.54) is 12.1 Å². The van der Waals surface area contributed by atoms with E-state index >= 15 is 0 Å². The summed E-state index contributed by atoms with van der Waals surface area (Å²) in [4.78, 5) is 15.5. The Morgan fingerprint density at radius 1 is 0.966 bits per heavy atom. The Hall–Kier alpha value is -1.10. The van der Waals surface area contributed by atoms with Crippen molar-refractivity contribution in [2.45, 2.75) is 43.5 Å². The van der Waals surface area contributed by atoms with Gasteiger partial charge >= 0.3 is 0 Å². The van der Waals surface area contributed by atoms with Crippen molar-refractivity contribution in [1.82, 2.24) is 4.90 Å². The van der Waals surface area contributed by atoms with Crippen LogP contribution in [0.1, 0.15) is 37.7 Å². The van der Waals surface area contributed by atoms with E-state index in [4.69, 9.17) is 23.2 Å². The molecule has 2 aromatic rings. The van der Waals surface area contributed by atoms with Crippen LogP contribution in [0.25, 0.3) is 11.1 Å². The van der Waals surface area contributed by atoms with Gasteiger partial charge in [-0.15, -0.1) is 0 Å². The molecule has 0 spiro atoms. The molecular formula is C23H23BrCl2FNO. The molecule has 2 fully saturated rings. The lowest BCUT2D eigenvalue weighted by atomic mass is 9.79. The zero-order valence-corrected chi connectivity index (χ0v) is 19.1. The number of amides is 1. The number of carbonyl (C=O) groups excluding carboxylic acids is 1. The molecule has 0 aromatic heterocycles. The van der Waals surface area contributed by atoms with Crippen LogP contribution in [0.15, 0.2) is 36.4 Å². The molecule has 29 heavy (non-hydrogen) atoms. The van der Waals surface area contributed by atoms with Crippen LogP contribution < -0.4 is 0 Å².